The first kappa shape index (κ1) is 22.4. The third-order valence-corrected chi connectivity index (χ3v) is 5.33. The van der Waals surface area contributed by atoms with Crippen LogP contribution in [0.1, 0.15) is 30.9 Å². The summed E-state index contributed by atoms with van der Waals surface area (Å²) < 4.78 is 11.4. The van der Waals surface area contributed by atoms with Gasteiger partial charge in [0.25, 0.3) is 0 Å². The Labute approximate surface area is 175 Å². The number of anilines is 1. The van der Waals surface area contributed by atoms with Crippen molar-refractivity contribution in [2.75, 3.05) is 51.3 Å². The van der Waals surface area contributed by atoms with Crippen molar-refractivity contribution < 1.29 is 9.47 Å². The Morgan fingerprint density at radius 1 is 1.00 bits per heavy atom. The van der Waals surface area contributed by atoms with Gasteiger partial charge in [-0.15, -0.1) is 12.4 Å². The lowest BCUT2D eigenvalue weighted by atomic mass is 10.0. The lowest BCUT2D eigenvalue weighted by Gasteiger charge is -2.36. The molecule has 0 aliphatic carbocycles. The van der Waals surface area contributed by atoms with E-state index in [0.29, 0.717) is 5.92 Å². The highest BCUT2D eigenvalue weighted by molar-refractivity contribution is 5.85. The normalized spacial score (nSPS) is 14.7. The summed E-state index contributed by atoms with van der Waals surface area (Å²) in [6, 6.07) is 14.9. The molecule has 1 fully saturated rings. The molecule has 0 amide bonds. The molecule has 0 radical (unpaired) electrons. The van der Waals surface area contributed by atoms with Gasteiger partial charge in [-0.05, 0) is 42.2 Å². The van der Waals surface area contributed by atoms with Crippen molar-refractivity contribution in [3.8, 4) is 11.5 Å². The van der Waals surface area contributed by atoms with E-state index in [4.69, 9.17) is 9.47 Å². The Hall–Kier alpha value is -1.91. The zero-order chi connectivity index (χ0) is 19.2. The predicted molar refractivity (Wildman–Crippen MR) is 120 cm³/mol. The standard InChI is InChI=1S/C23H32N2O2.ClH/c1-18(2)20-9-8-19(3)23(16-20)27-15-14-24-10-12-25(13-11-24)21-6-5-7-22(17-21)26-4;/h5-9,16-18H,10-15H2,1-4H3;1H. The molecule has 0 atom stereocenters. The molecule has 1 aliphatic heterocycles. The van der Waals surface area contributed by atoms with Crippen molar-refractivity contribution in [3.05, 3.63) is 53.6 Å². The van der Waals surface area contributed by atoms with Crippen LogP contribution >= 0.6 is 12.4 Å². The molecule has 0 unspecified atom stereocenters. The second kappa shape index (κ2) is 10.6. The van der Waals surface area contributed by atoms with Crippen molar-refractivity contribution in [2.24, 2.45) is 0 Å². The third-order valence-electron chi connectivity index (χ3n) is 5.33. The second-order valence-corrected chi connectivity index (χ2v) is 7.56. The lowest BCUT2D eigenvalue weighted by Crippen LogP contribution is -2.47. The van der Waals surface area contributed by atoms with Crippen LogP contribution in [0.2, 0.25) is 0 Å². The number of rotatable bonds is 7. The minimum absolute atomic E-state index is 0. The quantitative estimate of drug-likeness (QED) is 0.664. The number of aryl methyl sites for hydroxylation is 1. The van der Waals surface area contributed by atoms with Crippen molar-refractivity contribution in [1.29, 1.82) is 0 Å². The predicted octanol–water partition coefficient (Wildman–Crippen LogP) is 4.75. The van der Waals surface area contributed by atoms with Gasteiger partial charge in [0.1, 0.15) is 18.1 Å². The summed E-state index contributed by atoms with van der Waals surface area (Å²) in [4.78, 5) is 4.91. The summed E-state index contributed by atoms with van der Waals surface area (Å²) in [5.74, 6) is 2.47. The monoisotopic (exact) mass is 404 g/mol. The fraction of sp³-hybridized carbons (Fsp3) is 0.478. The summed E-state index contributed by atoms with van der Waals surface area (Å²) in [6.07, 6.45) is 0. The van der Waals surface area contributed by atoms with Gasteiger partial charge < -0.3 is 14.4 Å². The van der Waals surface area contributed by atoms with Crippen LogP contribution in [0.5, 0.6) is 11.5 Å². The van der Waals surface area contributed by atoms with Crippen LogP contribution in [-0.4, -0.2) is 51.3 Å². The van der Waals surface area contributed by atoms with E-state index < -0.39 is 0 Å². The van der Waals surface area contributed by atoms with Gasteiger partial charge in [-0.1, -0.05) is 32.0 Å². The fourth-order valence-electron chi connectivity index (χ4n) is 3.45. The van der Waals surface area contributed by atoms with Gasteiger partial charge >= 0.3 is 0 Å². The number of nitrogens with zero attached hydrogens (tertiary/aromatic N) is 2. The molecule has 3 rings (SSSR count). The summed E-state index contributed by atoms with van der Waals surface area (Å²) in [6.45, 7) is 12.5. The zero-order valence-corrected chi connectivity index (χ0v) is 18.3. The van der Waals surface area contributed by atoms with Crippen LogP contribution in [0, 0.1) is 6.92 Å². The summed E-state index contributed by atoms with van der Waals surface area (Å²) in [5.41, 5.74) is 3.79. The highest BCUT2D eigenvalue weighted by atomic mass is 35.5. The number of benzene rings is 2. The number of ether oxygens (including phenoxy) is 2. The molecule has 28 heavy (non-hydrogen) atoms. The van der Waals surface area contributed by atoms with Gasteiger partial charge in [-0.3, -0.25) is 4.90 Å². The van der Waals surface area contributed by atoms with Crippen LogP contribution in [0.15, 0.2) is 42.5 Å². The maximum Gasteiger partial charge on any atom is 0.122 e. The Morgan fingerprint density at radius 2 is 1.75 bits per heavy atom. The SMILES string of the molecule is COc1cccc(N2CCN(CCOc3cc(C(C)C)ccc3C)CC2)c1.Cl. The fourth-order valence-corrected chi connectivity index (χ4v) is 3.45. The maximum atomic E-state index is 6.10. The summed E-state index contributed by atoms with van der Waals surface area (Å²) >= 11 is 0. The number of methoxy groups -OCH3 is 1. The van der Waals surface area contributed by atoms with E-state index in [-0.39, 0.29) is 12.4 Å². The van der Waals surface area contributed by atoms with Gasteiger partial charge in [0, 0.05) is 44.5 Å². The Kier molecular flexibility index (Phi) is 8.46. The first-order valence-corrected chi connectivity index (χ1v) is 9.91. The van der Waals surface area contributed by atoms with Gasteiger partial charge in [-0.25, -0.2) is 0 Å². The van der Waals surface area contributed by atoms with Crippen LogP contribution in [0.25, 0.3) is 0 Å². The molecule has 4 nitrogen and oxygen atoms in total. The molecule has 2 aromatic rings. The number of hydrogen-bond donors (Lipinski definition) is 0. The molecule has 0 N–H and O–H groups in total. The molecular weight excluding hydrogens is 372 g/mol. The van der Waals surface area contributed by atoms with Crippen LogP contribution in [-0.2, 0) is 0 Å². The lowest BCUT2D eigenvalue weighted by molar-refractivity contribution is 0.200. The van der Waals surface area contributed by atoms with E-state index in [0.717, 1.165) is 50.8 Å². The molecule has 0 bridgehead atoms. The Bertz CT molecular complexity index is 743. The number of piperazine rings is 1. The van der Waals surface area contributed by atoms with E-state index in [1.807, 2.05) is 6.07 Å². The number of halogens is 1. The molecule has 5 heteroatoms. The molecule has 1 saturated heterocycles. The highest BCUT2D eigenvalue weighted by Gasteiger charge is 2.17. The molecule has 1 aliphatic rings. The molecule has 0 aromatic heterocycles. The average molecular weight is 405 g/mol. The minimum Gasteiger partial charge on any atom is -0.497 e. The minimum atomic E-state index is 0. The first-order valence-electron chi connectivity index (χ1n) is 9.91. The Balaban J connectivity index is 0.00000280. The van der Waals surface area contributed by atoms with E-state index >= 15 is 0 Å². The first-order chi connectivity index (χ1) is 13.1. The molecule has 2 aromatic carbocycles. The second-order valence-electron chi connectivity index (χ2n) is 7.56. The van der Waals surface area contributed by atoms with Gasteiger partial charge in [0.05, 0.1) is 7.11 Å². The van der Waals surface area contributed by atoms with Crippen LogP contribution in [0.4, 0.5) is 5.69 Å². The Morgan fingerprint density at radius 3 is 2.43 bits per heavy atom. The van der Waals surface area contributed by atoms with E-state index in [1.165, 1.54) is 16.8 Å². The van der Waals surface area contributed by atoms with Crippen LogP contribution < -0.4 is 14.4 Å². The molecule has 1 heterocycles. The average Bonchev–Trinajstić information content (AvgIpc) is 2.70. The molecule has 154 valence electrons. The molecular formula is C23H33ClN2O2. The van der Waals surface area contributed by atoms with E-state index in [1.54, 1.807) is 7.11 Å². The van der Waals surface area contributed by atoms with Gasteiger partial charge in [0.2, 0.25) is 0 Å². The zero-order valence-electron chi connectivity index (χ0n) is 17.5. The van der Waals surface area contributed by atoms with E-state index in [9.17, 15) is 0 Å². The van der Waals surface area contributed by atoms with Gasteiger partial charge in [-0.2, -0.15) is 0 Å². The van der Waals surface area contributed by atoms with Crippen molar-refractivity contribution in [1.82, 2.24) is 4.90 Å². The van der Waals surface area contributed by atoms with Gasteiger partial charge in [0.15, 0.2) is 0 Å². The number of hydrogen-bond acceptors (Lipinski definition) is 4. The highest BCUT2D eigenvalue weighted by Crippen LogP contribution is 2.25. The maximum absolute atomic E-state index is 6.10. The van der Waals surface area contributed by atoms with Crippen molar-refractivity contribution in [3.63, 3.8) is 0 Å². The largest absolute Gasteiger partial charge is 0.497 e. The molecule has 0 saturated carbocycles. The smallest absolute Gasteiger partial charge is 0.122 e. The van der Waals surface area contributed by atoms with E-state index in [2.05, 4.69) is 67.0 Å². The van der Waals surface area contributed by atoms with Crippen molar-refractivity contribution >= 4 is 18.1 Å². The van der Waals surface area contributed by atoms with Crippen molar-refractivity contribution in [2.45, 2.75) is 26.7 Å². The summed E-state index contributed by atoms with van der Waals surface area (Å²) in [5, 5.41) is 0. The third kappa shape index (κ3) is 5.79. The van der Waals surface area contributed by atoms with Crippen LogP contribution in [0.3, 0.4) is 0 Å². The summed E-state index contributed by atoms with van der Waals surface area (Å²) in [7, 11) is 1.72. The topological polar surface area (TPSA) is 24.9 Å². The molecule has 0 spiro atoms.